The van der Waals surface area contributed by atoms with Gasteiger partial charge in [0, 0.05) is 11.8 Å². The molecule has 0 aliphatic carbocycles. The van der Waals surface area contributed by atoms with E-state index in [2.05, 4.69) is 9.97 Å². The first kappa shape index (κ1) is 9.84. The SMILES string of the molecule is Cc1cnc(C(Cl)(Cl)Cl)nc1N. The molecule has 0 aliphatic rings. The quantitative estimate of drug-likeness (QED) is 0.690. The van der Waals surface area contributed by atoms with Crippen molar-refractivity contribution in [3.05, 3.63) is 17.6 Å². The van der Waals surface area contributed by atoms with E-state index in [1.165, 1.54) is 6.20 Å². The van der Waals surface area contributed by atoms with Crippen LogP contribution in [0.5, 0.6) is 0 Å². The molecule has 2 N–H and O–H groups in total. The van der Waals surface area contributed by atoms with Gasteiger partial charge in [0.1, 0.15) is 5.82 Å². The van der Waals surface area contributed by atoms with Gasteiger partial charge < -0.3 is 5.73 Å². The lowest BCUT2D eigenvalue weighted by atomic mass is 10.3. The van der Waals surface area contributed by atoms with Gasteiger partial charge in [0.05, 0.1) is 0 Å². The molecule has 0 aliphatic heterocycles. The molecule has 3 nitrogen and oxygen atoms in total. The summed E-state index contributed by atoms with van der Waals surface area (Å²) in [6.45, 7) is 1.78. The molecule has 0 aromatic carbocycles. The number of nitrogens with zero attached hydrogens (tertiary/aromatic N) is 2. The maximum Gasteiger partial charge on any atom is 0.250 e. The van der Waals surface area contributed by atoms with Crippen LogP contribution in [0.25, 0.3) is 0 Å². The van der Waals surface area contributed by atoms with Crippen molar-refractivity contribution >= 4 is 40.6 Å². The van der Waals surface area contributed by atoms with Crippen molar-refractivity contribution in [2.24, 2.45) is 0 Å². The molecule has 1 aromatic heterocycles. The maximum absolute atomic E-state index is 5.53. The number of nitrogens with two attached hydrogens (primary N) is 1. The smallest absolute Gasteiger partial charge is 0.250 e. The van der Waals surface area contributed by atoms with Gasteiger partial charge in [-0.25, -0.2) is 9.97 Å². The topological polar surface area (TPSA) is 51.8 Å². The summed E-state index contributed by atoms with van der Waals surface area (Å²) in [4.78, 5) is 7.64. The fraction of sp³-hybridized carbons (Fsp3) is 0.333. The monoisotopic (exact) mass is 225 g/mol. The van der Waals surface area contributed by atoms with Crippen LogP contribution in [-0.2, 0) is 3.79 Å². The van der Waals surface area contributed by atoms with E-state index < -0.39 is 3.79 Å². The van der Waals surface area contributed by atoms with Crippen LogP contribution in [0, 0.1) is 6.92 Å². The fourth-order valence-electron chi connectivity index (χ4n) is 0.592. The number of halogens is 3. The van der Waals surface area contributed by atoms with Crippen LogP contribution in [-0.4, -0.2) is 9.97 Å². The van der Waals surface area contributed by atoms with Gasteiger partial charge in [0.2, 0.25) is 3.79 Å². The van der Waals surface area contributed by atoms with E-state index in [4.69, 9.17) is 40.5 Å². The molecule has 12 heavy (non-hydrogen) atoms. The van der Waals surface area contributed by atoms with Crippen LogP contribution < -0.4 is 5.73 Å². The van der Waals surface area contributed by atoms with E-state index in [1.807, 2.05) is 0 Å². The first-order valence-electron chi connectivity index (χ1n) is 3.07. The maximum atomic E-state index is 5.53. The minimum atomic E-state index is -1.61. The van der Waals surface area contributed by atoms with E-state index in [0.717, 1.165) is 5.56 Å². The number of aromatic nitrogens is 2. The van der Waals surface area contributed by atoms with Gasteiger partial charge in [-0.15, -0.1) is 0 Å². The molecule has 0 bridgehead atoms. The number of anilines is 1. The second-order valence-electron chi connectivity index (χ2n) is 2.26. The van der Waals surface area contributed by atoms with Crippen molar-refractivity contribution in [2.75, 3.05) is 5.73 Å². The Kier molecular flexibility index (Phi) is 2.66. The van der Waals surface area contributed by atoms with E-state index in [1.54, 1.807) is 6.92 Å². The number of aryl methyl sites for hydroxylation is 1. The fourth-order valence-corrected chi connectivity index (χ4v) is 0.865. The van der Waals surface area contributed by atoms with Crippen molar-refractivity contribution in [3.63, 3.8) is 0 Å². The molecule has 0 unspecified atom stereocenters. The normalized spacial score (nSPS) is 11.7. The largest absolute Gasteiger partial charge is 0.383 e. The Balaban J connectivity index is 3.14. The zero-order valence-electron chi connectivity index (χ0n) is 6.18. The first-order chi connectivity index (χ1) is 5.41. The highest BCUT2D eigenvalue weighted by Gasteiger charge is 2.26. The third-order valence-electron chi connectivity index (χ3n) is 1.26. The number of hydrogen-bond acceptors (Lipinski definition) is 3. The van der Waals surface area contributed by atoms with Gasteiger partial charge in [-0.3, -0.25) is 0 Å². The molecule has 66 valence electrons. The van der Waals surface area contributed by atoms with Crippen LogP contribution in [0.3, 0.4) is 0 Å². The molecule has 1 rings (SSSR count). The van der Waals surface area contributed by atoms with Gasteiger partial charge in [0.25, 0.3) is 0 Å². The van der Waals surface area contributed by atoms with Crippen molar-refractivity contribution in [3.8, 4) is 0 Å². The highest BCUT2D eigenvalue weighted by atomic mass is 35.6. The lowest BCUT2D eigenvalue weighted by Gasteiger charge is -2.09. The second-order valence-corrected chi connectivity index (χ2v) is 4.54. The number of alkyl halides is 3. The van der Waals surface area contributed by atoms with Gasteiger partial charge >= 0.3 is 0 Å². The molecule has 6 heteroatoms. The molecule has 0 saturated heterocycles. The highest BCUT2D eigenvalue weighted by molar-refractivity contribution is 6.66. The van der Waals surface area contributed by atoms with E-state index >= 15 is 0 Å². The summed E-state index contributed by atoms with van der Waals surface area (Å²) >= 11 is 16.6. The van der Waals surface area contributed by atoms with Crippen LogP contribution in [0.1, 0.15) is 11.4 Å². The Bertz CT molecular complexity index is 295. The molecule has 1 heterocycles. The molecular formula is C6H6Cl3N3. The summed E-state index contributed by atoms with van der Waals surface area (Å²) in [7, 11) is 0. The Hall–Kier alpha value is -0.250. The highest BCUT2D eigenvalue weighted by Crippen LogP contribution is 2.35. The standard InChI is InChI=1S/C6H6Cl3N3/c1-3-2-11-5(6(7,8)9)12-4(3)10/h2H,1H3,(H2,10,11,12). The Morgan fingerprint density at radius 3 is 2.42 bits per heavy atom. The predicted molar refractivity (Wildman–Crippen MR) is 50.4 cm³/mol. The minimum absolute atomic E-state index is 0.0931. The van der Waals surface area contributed by atoms with Crippen LogP contribution in [0.4, 0.5) is 5.82 Å². The zero-order valence-corrected chi connectivity index (χ0v) is 8.45. The van der Waals surface area contributed by atoms with E-state index in [0.29, 0.717) is 5.82 Å². The van der Waals surface area contributed by atoms with E-state index in [9.17, 15) is 0 Å². The van der Waals surface area contributed by atoms with E-state index in [-0.39, 0.29) is 5.82 Å². The average Bonchev–Trinajstić information content (AvgIpc) is 1.92. The number of rotatable bonds is 0. The Labute approximate surface area is 84.9 Å². The Morgan fingerprint density at radius 2 is 2.00 bits per heavy atom. The first-order valence-corrected chi connectivity index (χ1v) is 4.21. The molecule has 0 saturated carbocycles. The minimum Gasteiger partial charge on any atom is -0.383 e. The predicted octanol–water partition coefficient (Wildman–Crippen LogP) is 2.19. The number of hydrogen-bond donors (Lipinski definition) is 1. The van der Waals surface area contributed by atoms with Gasteiger partial charge in [0.15, 0.2) is 5.82 Å². The summed E-state index contributed by atoms with van der Waals surface area (Å²) in [5.41, 5.74) is 6.25. The number of nitrogen functional groups attached to an aromatic ring is 1. The average molecular weight is 226 g/mol. The van der Waals surface area contributed by atoms with Crippen LogP contribution >= 0.6 is 34.8 Å². The molecule has 0 fully saturated rings. The van der Waals surface area contributed by atoms with Crippen molar-refractivity contribution < 1.29 is 0 Å². The van der Waals surface area contributed by atoms with Crippen LogP contribution in [0.15, 0.2) is 6.20 Å². The molecule has 1 aromatic rings. The van der Waals surface area contributed by atoms with Crippen LogP contribution in [0.2, 0.25) is 0 Å². The van der Waals surface area contributed by atoms with Gasteiger partial charge in [-0.1, -0.05) is 34.8 Å². The summed E-state index contributed by atoms with van der Waals surface area (Å²) in [5, 5.41) is 0. The molecule has 0 radical (unpaired) electrons. The molecule has 0 atom stereocenters. The zero-order chi connectivity index (χ0) is 9.35. The van der Waals surface area contributed by atoms with Crippen molar-refractivity contribution in [1.29, 1.82) is 0 Å². The van der Waals surface area contributed by atoms with Crippen molar-refractivity contribution in [2.45, 2.75) is 10.7 Å². The molecular weight excluding hydrogens is 220 g/mol. The summed E-state index contributed by atoms with van der Waals surface area (Å²) in [5.74, 6) is 0.418. The lowest BCUT2D eigenvalue weighted by Crippen LogP contribution is -2.09. The van der Waals surface area contributed by atoms with Gasteiger partial charge in [-0.2, -0.15) is 0 Å². The summed E-state index contributed by atoms with van der Waals surface area (Å²) < 4.78 is -1.61. The second kappa shape index (κ2) is 3.24. The summed E-state index contributed by atoms with van der Waals surface area (Å²) in [6, 6.07) is 0. The third-order valence-corrected chi connectivity index (χ3v) is 1.77. The Morgan fingerprint density at radius 1 is 1.42 bits per heavy atom. The lowest BCUT2D eigenvalue weighted by molar-refractivity contribution is 0.964. The molecule has 0 amide bonds. The van der Waals surface area contributed by atoms with Crippen molar-refractivity contribution in [1.82, 2.24) is 9.97 Å². The molecule has 0 spiro atoms. The van der Waals surface area contributed by atoms with Gasteiger partial charge in [-0.05, 0) is 6.92 Å². The summed E-state index contributed by atoms with van der Waals surface area (Å²) in [6.07, 6.45) is 1.51. The third kappa shape index (κ3) is 2.12.